The maximum atomic E-state index is 14.2. The minimum absolute atomic E-state index is 0.00908. The first kappa shape index (κ1) is 26.0. The number of amides is 2. The lowest BCUT2D eigenvalue weighted by Crippen LogP contribution is -2.70. The third-order valence-corrected chi connectivity index (χ3v) is 9.67. The number of carbonyl (C=O) groups is 2. The molecule has 36 heavy (non-hydrogen) atoms. The Kier molecular flexibility index (Phi) is 7.67. The lowest BCUT2D eigenvalue weighted by atomic mass is 9.68. The molecule has 3 heterocycles. The zero-order chi connectivity index (χ0) is 25.3. The molecule has 7 heteroatoms. The molecule has 4 fully saturated rings. The van der Waals surface area contributed by atoms with E-state index in [1.165, 1.54) is 57.8 Å². The van der Waals surface area contributed by atoms with E-state index >= 15 is 0 Å². The van der Waals surface area contributed by atoms with Gasteiger partial charge >= 0.3 is 0 Å². The zero-order valence-electron chi connectivity index (χ0n) is 22.1. The molecule has 1 saturated carbocycles. The van der Waals surface area contributed by atoms with Gasteiger partial charge in [0.2, 0.25) is 5.91 Å². The monoisotopic (exact) mass is 514 g/mol. The predicted octanol–water partition coefficient (Wildman–Crippen LogP) is 4.80. The average molecular weight is 515 g/mol. The van der Waals surface area contributed by atoms with Crippen molar-refractivity contribution in [3.8, 4) is 0 Å². The molecule has 1 aromatic rings. The zero-order valence-corrected chi connectivity index (χ0v) is 22.9. The fraction of sp³-hybridized carbons (Fsp3) is 0.724. The van der Waals surface area contributed by atoms with Crippen molar-refractivity contribution in [1.82, 2.24) is 20.0 Å². The molecular formula is C29H43ClN4O2. The van der Waals surface area contributed by atoms with Crippen molar-refractivity contribution in [2.24, 2.45) is 5.41 Å². The van der Waals surface area contributed by atoms with E-state index in [0.717, 1.165) is 18.7 Å². The first-order valence-electron chi connectivity index (χ1n) is 14.2. The predicted molar refractivity (Wildman–Crippen MR) is 144 cm³/mol. The van der Waals surface area contributed by atoms with Crippen LogP contribution in [0.25, 0.3) is 0 Å². The second kappa shape index (κ2) is 10.6. The van der Waals surface area contributed by atoms with Crippen LogP contribution in [0.2, 0.25) is 5.02 Å². The van der Waals surface area contributed by atoms with Crippen molar-refractivity contribution >= 4 is 23.4 Å². The lowest BCUT2D eigenvalue weighted by Gasteiger charge is -2.52. The van der Waals surface area contributed by atoms with Crippen LogP contribution >= 0.6 is 11.6 Å². The fourth-order valence-electron chi connectivity index (χ4n) is 7.47. The van der Waals surface area contributed by atoms with E-state index in [4.69, 9.17) is 11.6 Å². The number of rotatable bonds is 4. The van der Waals surface area contributed by atoms with E-state index in [-0.39, 0.29) is 29.8 Å². The molecule has 4 aliphatic rings. The second-order valence-corrected chi connectivity index (χ2v) is 12.4. The van der Waals surface area contributed by atoms with Gasteiger partial charge in [-0.3, -0.25) is 14.5 Å². The van der Waals surface area contributed by atoms with Gasteiger partial charge in [0.15, 0.2) is 0 Å². The first-order chi connectivity index (χ1) is 17.3. The van der Waals surface area contributed by atoms with Crippen LogP contribution < -0.4 is 5.32 Å². The fourth-order valence-corrected chi connectivity index (χ4v) is 7.60. The molecule has 1 aromatic carbocycles. The summed E-state index contributed by atoms with van der Waals surface area (Å²) in [4.78, 5) is 34.0. The van der Waals surface area contributed by atoms with Crippen LogP contribution in [-0.4, -0.2) is 70.4 Å². The van der Waals surface area contributed by atoms with E-state index in [1.54, 1.807) is 0 Å². The SMILES string of the molecule is CC(C)N1CC(=O)N(Cc2ccc(Cl)cc2)C2(CCN(C3NCCCC34CCCCCCC4)C2)C1=O. The number of hydrogen-bond acceptors (Lipinski definition) is 4. The molecule has 2 unspecified atom stereocenters. The Morgan fingerprint density at radius 2 is 1.64 bits per heavy atom. The number of carbonyl (C=O) groups excluding carboxylic acids is 2. The Morgan fingerprint density at radius 1 is 0.972 bits per heavy atom. The minimum atomic E-state index is -0.804. The van der Waals surface area contributed by atoms with Gasteiger partial charge in [-0.1, -0.05) is 55.8 Å². The molecule has 0 bridgehead atoms. The summed E-state index contributed by atoms with van der Waals surface area (Å²) >= 11 is 6.12. The van der Waals surface area contributed by atoms with Crippen LogP contribution in [0.15, 0.2) is 24.3 Å². The quantitative estimate of drug-likeness (QED) is 0.626. The van der Waals surface area contributed by atoms with Gasteiger partial charge in [-0.25, -0.2) is 0 Å². The van der Waals surface area contributed by atoms with E-state index < -0.39 is 5.54 Å². The van der Waals surface area contributed by atoms with Crippen LogP contribution in [0, 0.1) is 5.41 Å². The standard InChI is InChI=1S/C29H43ClN4O2/c1-22(2)33-20-25(35)34(19-23-9-11-24(30)12-10-23)29(27(33)36)16-18-32(21-29)26-28(15-8-17-31-26)13-6-4-3-5-7-14-28/h9-12,22,26,31H,3-8,13-21H2,1-2H3. The largest absolute Gasteiger partial charge is 0.329 e. The summed E-state index contributed by atoms with van der Waals surface area (Å²) in [7, 11) is 0. The van der Waals surface area contributed by atoms with Gasteiger partial charge in [-0.2, -0.15) is 0 Å². The molecule has 198 valence electrons. The lowest BCUT2D eigenvalue weighted by molar-refractivity contribution is -0.167. The Hall–Kier alpha value is -1.63. The maximum Gasteiger partial charge on any atom is 0.250 e. The Labute approximate surface area is 221 Å². The maximum absolute atomic E-state index is 14.2. The van der Waals surface area contributed by atoms with Crippen molar-refractivity contribution < 1.29 is 9.59 Å². The summed E-state index contributed by atoms with van der Waals surface area (Å²) in [5, 5.41) is 4.59. The highest BCUT2D eigenvalue weighted by Gasteiger charge is 2.58. The topological polar surface area (TPSA) is 55.9 Å². The van der Waals surface area contributed by atoms with Gasteiger partial charge in [0.1, 0.15) is 12.1 Å². The summed E-state index contributed by atoms with van der Waals surface area (Å²) in [6.45, 7) is 7.16. The number of benzene rings is 1. The van der Waals surface area contributed by atoms with Gasteiger partial charge in [0.05, 0.1) is 6.17 Å². The van der Waals surface area contributed by atoms with Crippen LogP contribution in [-0.2, 0) is 16.1 Å². The normalized spacial score (nSPS) is 29.8. The molecule has 3 saturated heterocycles. The summed E-state index contributed by atoms with van der Waals surface area (Å²) in [5.74, 6) is 0.174. The summed E-state index contributed by atoms with van der Waals surface area (Å²) < 4.78 is 0. The van der Waals surface area contributed by atoms with Gasteiger partial charge in [-0.15, -0.1) is 0 Å². The minimum Gasteiger partial charge on any atom is -0.329 e. The van der Waals surface area contributed by atoms with Crippen molar-refractivity contribution in [2.45, 2.75) is 102 Å². The molecule has 2 atom stereocenters. The second-order valence-electron chi connectivity index (χ2n) is 12.0. The van der Waals surface area contributed by atoms with Crippen molar-refractivity contribution in [3.05, 3.63) is 34.9 Å². The van der Waals surface area contributed by atoms with E-state index in [2.05, 4.69) is 10.2 Å². The van der Waals surface area contributed by atoms with E-state index in [9.17, 15) is 9.59 Å². The van der Waals surface area contributed by atoms with E-state index in [0.29, 0.717) is 30.7 Å². The Bertz CT molecular complexity index is 943. The number of piperazine rings is 1. The van der Waals surface area contributed by atoms with Crippen LogP contribution in [0.3, 0.4) is 0 Å². The molecule has 2 spiro atoms. The van der Waals surface area contributed by atoms with Crippen molar-refractivity contribution in [1.29, 1.82) is 0 Å². The molecule has 3 aliphatic heterocycles. The molecule has 1 aliphatic carbocycles. The molecule has 6 nitrogen and oxygen atoms in total. The number of likely N-dealkylation sites (tertiary alicyclic amines) is 1. The Balaban J connectivity index is 1.45. The highest BCUT2D eigenvalue weighted by atomic mass is 35.5. The number of nitrogens with zero attached hydrogens (tertiary/aromatic N) is 3. The van der Waals surface area contributed by atoms with Gasteiger partial charge in [0.25, 0.3) is 5.91 Å². The van der Waals surface area contributed by atoms with Crippen molar-refractivity contribution in [3.63, 3.8) is 0 Å². The molecule has 5 rings (SSSR count). The number of piperidine rings is 1. The summed E-state index contributed by atoms with van der Waals surface area (Å²) in [5.41, 5.74) is 0.495. The number of halogens is 1. The highest BCUT2D eigenvalue weighted by molar-refractivity contribution is 6.30. The van der Waals surface area contributed by atoms with Crippen LogP contribution in [0.5, 0.6) is 0 Å². The van der Waals surface area contributed by atoms with E-state index in [1.807, 2.05) is 47.9 Å². The molecule has 0 aromatic heterocycles. The molecular weight excluding hydrogens is 472 g/mol. The summed E-state index contributed by atoms with van der Waals surface area (Å²) in [6, 6.07) is 7.69. The highest BCUT2D eigenvalue weighted by Crippen LogP contribution is 2.47. The van der Waals surface area contributed by atoms with Crippen LogP contribution in [0.4, 0.5) is 0 Å². The average Bonchev–Trinajstić information content (AvgIpc) is 3.29. The number of hydrogen-bond donors (Lipinski definition) is 1. The third-order valence-electron chi connectivity index (χ3n) is 9.42. The van der Waals surface area contributed by atoms with Gasteiger partial charge < -0.3 is 15.1 Å². The smallest absolute Gasteiger partial charge is 0.250 e. The molecule has 1 N–H and O–H groups in total. The number of nitrogens with one attached hydrogen (secondary N) is 1. The third kappa shape index (κ3) is 4.81. The van der Waals surface area contributed by atoms with Crippen molar-refractivity contribution in [2.75, 3.05) is 26.2 Å². The Morgan fingerprint density at radius 3 is 2.33 bits per heavy atom. The molecule has 2 amide bonds. The van der Waals surface area contributed by atoms with Gasteiger partial charge in [-0.05, 0) is 75.6 Å². The van der Waals surface area contributed by atoms with Gasteiger partial charge in [0, 0.05) is 30.7 Å². The first-order valence-corrected chi connectivity index (χ1v) is 14.6. The van der Waals surface area contributed by atoms with Crippen LogP contribution in [0.1, 0.15) is 83.6 Å². The molecule has 0 radical (unpaired) electrons. The summed E-state index contributed by atoms with van der Waals surface area (Å²) in [6.07, 6.45) is 12.7.